The first kappa shape index (κ1) is 12.6. The molecule has 0 atom stereocenters. The van der Waals surface area contributed by atoms with Crippen LogP contribution in [0.4, 0.5) is 0 Å². The van der Waals surface area contributed by atoms with Crippen molar-refractivity contribution >= 4 is 27.5 Å². The first-order chi connectivity index (χ1) is 7.24. The number of halogens is 2. The van der Waals surface area contributed by atoms with Crippen LogP contribution in [0.1, 0.15) is 18.4 Å². The summed E-state index contributed by atoms with van der Waals surface area (Å²) >= 11 is 9.33. The van der Waals surface area contributed by atoms with Crippen molar-refractivity contribution in [3.05, 3.63) is 33.3 Å². The van der Waals surface area contributed by atoms with E-state index >= 15 is 0 Å². The van der Waals surface area contributed by atoms with Gasteiger partial charge in [-0.25, -0.2) is 0 Å². The third kappa shape index (κ3) is 4.70. The van der Waals surface area contributed by atoms with Crippen LogP contribution in [0.15, 0.2) is 22.7 Å². The van der Waals surface area contributed by atoms with Gasteiger partial charge in [-0.2, -0.15) is 0 Å². The molecule has 1 aromatic carbocycles. The standard InChI is InChI=1S/C12H13BrClN/c1-2-3-4-7-15-9-10-5-6-11(13)12(14)8-10/h1,5-6,8,15H,3-4,7,9H2. The van der Waals surface area contributed by atoms with E-state index in [0.29, 0.717) is 0 Å². The summed E-state index contributed by atoms with van der Waals surface area (Å²) in [4.78, 5) is 0. The van der Waals surface area contributed by atoms with Gasteiger partial charge < -0.3 is 5.32 Å². The van der Waals surface area contributed by atoms with Crippen molar-refractivity contribution in [1.29, 1.82) is 0 Å². The normalized spacial score (nSPS) is 9.93. The minimum Gasteiger partial charge on any atom is -0.313 e. The van der Waals surface area contributed by atoms with E-state index in [0.717, 1.165) is 35.4 Å². The lowest BCUT2D eigenvalue weighted by Gasteiger charge is -2.05. The first-order valence-electron chi connectivity index (χ1n) is 4.82. The van der Waals surface area contributed by atoms with Gasteiger partial charge in [-0.15, -0.1) is 12.3 Å². The van der Waals surface area contributed by atoms with Crippen molar-refractivity contribution in [3.8, 4) is 12.3 Å². The number of benzene rings is 1. The highest BCUT2D eigenvalue weighted by molar-refractivity contribution is 9.10. The summed E-state index contributed by atoms with van der Waals surface area (Å²) < 4.78 is 0.931. The van der Waals surface area contributed by atoms with Crippen molar-refractivity contribution in [3.63, 3.8) is 0 Å². The maximum absolute atomic E-state index is 5.98. The number of terminal acetylenes is 1. The van der Waals surface area contributed by atoms with Gasteiger partial charge in [-0.1, -0.05) is 17.7 Å². The third-order valence-corrected chi connectivity index (χ3v) is 3.22. The number of unbranched alkanes of at least 4 members (excludes halogenated alkanes) is 1. The zero-order valence-corrected chi connectivity index (χ0v) is 10.7. The van der Waals surface area contributed by atoms with Gasteiger partial charge in [0.1, 0.15) is 0 Å². The molecule has 0 heterocycles. The summed E-state index contributed by atoms with van der Waals surface area (Å²) in [5.41, 5.74) is 1.18. The lowest BCUT2D eigenvalue weighted by Crippen LogP contribution is -2.14. The van der Waals surface area contributed by atoms with Gasteiger partial charge in [0.2, 0.25) is 0 Å². The summed E-state index contributed by atoms with van der Waals surface area (Å²) in [7, 11) is 0. The lowest BCUT2D eigenvalue weighted by atomic mass is 10.2. The number of nitrogens with one attached hydrogen (secondary N) is 1. The van der Waals surface area contributed by atoms with Gasteiger partial charge >= 0.3 is 0 Å². The van der Waals surface area contributed by atoms with Crippen LogP contribution in [0.5, 0.6) is 0 Å². The van der Waals surface area contributed by atoms with Crippen LogP contribution in [0, 0.1) is 12.3 Å². The van der Waals surface area contributed by atoms with E-state index in [2.05, 4.69) is 27.2 Å². The summed E-state index contributed by atoms with van der Waals surface area (Å²) in [5.74, 6) is 2.62. The topological polar surface area (TPSA) is 12.0 Å². The number of rotatable bonds is 5. The molecule has 0 amide bonds. The molecule has 1 N–H and O–H groups in total. The van der Waals surface area contributed by atoms with Crippen molar-refractivity contribution in [2.24, 2.45) is 0 Å². The summed E-state index contributed by atoms with van der Waals surface area (Å²) in [6.45, 7) is 1.77. The van der Waals surface area contributed by atoms with Crippen molar-refractivity contribution in [1.82, 2.24) is 5.32 Å². The highest BCUT2D eigenvalue weighted by Crippen LogP contribution is 2.22. The van der Waals surface area contributed by atoms with Gasteiger partial charge in [-0.05, 0) is 46.6 Å². The SMILES string of the molecule is C#CCCCNCc1ccc(Br)c(Cl)c1. The zero-order chi connectivity index (χ0) is 11.1. The van der Waals surface area contributed by atoms with E-state index in [9.17, 15) is 0 Å². The van der Waals surface area contributed by atoms with Gasteiger partial charge in [-0.3, -0.25) is 0 Å². The van der Waals surface area contributed by atoms with Crippen LogP contribution in [-0.4, -0.2) is 6.54 Å². The third-order valence-electron chi connectivity index (χ3n) is 1.99. The van der Waals surface area contributed by atoms with Crippen molar-refractivity contribution in [2.45, 2.75) is 19.4 Å². The number of hydrogen-bond donors (Lipinski definition) is 1. The van der Waals surface area contributed by atoms with E-state index in [-0.39, 0.29) is 0 Å². The molecule has 0 radical (unpaired) electrons. The molecule has 1 rings (SSSR count). The van der Waals surface area contributed by atoms with E-state index in [1.165, 1.54) is 5.56 Å². The van der Waals surface area contributed by atoms with Crippen molar-refractivity contribution in [2.75, 3.05) is 6.54 Å². The molecule has 0 saturated carbocycles. The molecule has 80 valence electrons. The Bertz CT molecular complexity index is 357. The molecule has 0 aromatic heterocycles. The molecule has 0 unspecified atom stereocenters. The highest BCUT2D eigenvalue weighted by atomic mass is 79.9. The average Bonchev–Trinajstić information content (AvgIpc) is 2.23. The first-order valence-corrected chi connectivity index (χ1v) is 5.99. The van der Waals surface area contributed by atoms with Crippen LogP contribution < -0.4 is 5.32 Å². The highest BCUT2D eigenvalue weighted by Gasteiger charge is 1.98. The van der Waals surface area contributed by atoms with Crippen LogP contribution >= 0.6 is 27.5 Å². The number of hydrogen-bond acceptors (Lipinski definition) is 1. The molecular formula is C12H13BrClN. The maximum atomic E-state index is 5.98. The fourth-order valence-electron chi connectivity index (χ4n) is 1.20. The minimum atomic E-state index is 0.748. The second-order valence-corrected chi connectivity index (χ2v) is 4.49. The Morgan fingerprint density at radius 2 is 2.27 bits per heavy atom. The fourth-order valence-corrected chi connectivity index (χ4v) is 1.65. The van der Waals surface area contributed by atoms with Gasteiger partial charge in [0.15, 0.2) is 0 Å². The lowest BCUT2D eigenvalue weighted by molar-refractivity contribution is 0.659. The van der Waals surface area contributed by atoms with E-state index in [1.807, 2.05) is 18.2 Å². The monoisotopic (exact) mass is 285 g/mol. The van der Waals surface area contributed by atoms with E-state index in [4.69, 9.17) is 18.0 Å². The molecule has 0 spiro atoms. The molecule has 15 heavy (non-hydrogen) atoms. The Hall–Kier alpha value is -0.490. The Labute approximate surface area is 104 Å². The fraction of sp³-hybridized carbons (Fsp3) is 0.333. The van der Waals surface area contributed by atoms with E-state index in [1.54, 1.807) is 0 Å². The predicted octanol–water partition coefficient (Wildman–Crippen LogP) is 3.61. The Morgan fingerprint density at radius 3 is 2.93 bits per heavy atom. The summed E-state index contributed by atoms with van der Waals surface area (Å²) in [6, 6.07) is 5.96. The van der Waals surface area contributed by atoms with Gasteiger partial charge in [0.05, 0.1) is 5.02 Å². The smallest absolute Gasteiger partial charge is 0.0551 e. The second kappa shape index (κ2) is 6.90. The Balaban J connectivity index is 2.32. The average molecular weight is 287 g/mol. The van der Waals surface area contributed by atoms with Crippen LogP contribution in [0.25, 0.3) is 0 Å². The molecule has 0 fully saturated rings. The molecule has 0 bridgehead atoms. The predicted molar refractivity (Wildman–Crippen MR) is 68.9 cm³/mol. The minimum absolute atomic E-state index is 0.748. The second-order valence-electron chi connectivity index (χ2n) is 3.23. The van der Waals surface area contributed by atoms with E-state index < -0.39 is 0 Å². The molecule has 1 nitrogen and oxygen atoms in total. The zero-order valence-electron chi connectivity index (χ0n) is 8.39. The summed E-state index contributed by atoms with van der Waals surface area (Å²) in [5, 5.41) is 4.06. The molecule has 1 aromatic rings. The quantitative estimate of drug-likeness (QED) is 0.644. The van der Waals surface area contributed by atoms with Crippen LogP contribution in [0.3, 0.4) is 0 Å². The molecule has 0 aliphatic heterocycles. The largest absolute Gasteiger partial charge is 0.313 e. The maximum Gasteiger partial charge on any atom is 0.0551 e. The summed E-state index contributed by atoms with van der Waals surface area (Å²) in [6.07, 6.45) is 7.00. The molecule has 0 aliphatic rings. The molecule has 0 aliphatic carbocycles. The van der Waals surface area contributed by atoms with Crippen LogP contribution in [-0.2, 0) is 6.54 Å². The Morgan fingerprint density at radius 1 is 1.47 bits per heavy atom. The molecule has 0 saturated heterocycles. The Kier molecular flexibility index (Phi) is 5.78. The van der Waals surface area contributed by atoms with Crippen molar-refractivity contribution < 1.29 is 0 Å². The van der Waals surface area contributed by atoms with Crippen LogP contribution in [0.2, 0.25) is 5.02 Å². The van der Waals surface area contributed by atoms with Gasteiger partial charge in [0, 0.05) is 17.4 Å². The van der Waals surface area contributed by atoms with Gasteiger partial charge in [0.25, 0.3) is 0 Å². The molecule has 3 heteroatoms. The molecular weight excluding hydrogens is 273 g/mol.